The summed E-state index contributed by atoms with van der Waals surface area (Å²) in [6.07, 6.45) is 7.47. The molecule has 0 fully saturated rings. The molecule has 0 heterocycles. The SMILES string of the molecule is CCCCCCCCNC(C)C(=O)O. The summed E-state index contributed by atoms with van der Waals surface area (Å²) in [6.45, 7) is 4.70. The molecule has 0 amide bonds. The van der Waals surface area contributed by atoms with Gasteiger partial charge in [0.05, 0.1) is 0 Å². The largest absolute Gasteiger partial charge is 0.480 e. The molecular formula is C11H23NO2. The molecule has 0 aliphatic heterocycles. The maximum Gasteiger partial charge on any atom is 0.320 e. The quantitative estimate of drug-likeness (QED) is 0.563. The first-order chi connectivity index (χ1) is 6.68. The third kappa shape index (κ3) is 8.05. The van der Waals surface area contributed by atoms with Crippen LogP contribution in [0.2, 0.25) is 0 Å². The van der Waals surface area contributed by atoms with Gasteiger partial charge in [-0.2, -0.15) is 0 Å². The smallest absolute Gasteiger partial charge is 0.320 e. The van der Waals surface area contributed by atoms with Crippen molar-refractivity contribution in [2.45, 2.75) is 58.4 Å². The van der Waals surface area contributed by atoms with Crippen LogP contribution in [0.25, 0.3) is 0 Å². The standard InChI is InChI=1S/C11H23NO2/c1-3-4-5-6-7-8-9-12-10(2)11(13)14/h10,12H,3-9H2,1-2H3,(H,13,14). The Kier molecular flexibility index (Phi) is 8.64. The Morgan fingerprint density at radius 1 is 1.21 bits per heavy atom. The summed E-state index contributed by atoms with van der Waals surface area (Å²) in [5.74, 6) is -0.768. The third-order valence-corrected chi connectivity index (χ3v) is 2.35. The van der Waals surface area contributed by atoms with E-state index >= 15 is 0 Å². The van der Waals surface area contributed by atoms with Crippen molar-refractivity contribution in [1.29, 1.82) is 0 Å². The molecule has 0 spiro atoms. The monoisotopic (exact) mass is 201 g/mol. The molecule has 0 saturated heterocycles. The van der Waals surface area contributed by atoms with Crippen LogP contribution in [0.4, 0.5) is 0 Å². The Balaban J connectivity index is 3.09. The number of rotatable bonds is 9. The van der Waals surface area contributed by atoms with Crippen molar-refractivity contribution >= 4 is 5.97 Å². The fourth-order valence-electron chi connectivity index (χ4n) is 1.31. The Morgan fingerprint density at radius 2 is 1.79 bits per heavy atom. The molecule has 0 aliphatic rings. The van der Waals surface area contributed by atoms with Gasteiger partial charge < -0.3 is 10.4 Å². The summed E-state index contributed by atoms with van der Waals surface area (Å²) in [7, 11) is 0. The second-order valence-electron chi connectivity index (χ2n) is 3.78. The molecule has 0 bridgehead atoms. The number of aliphatic carboxylic acids is 1. The van der Waals surface area contributed by atoms with Gasteiger partial charge in [-0.1, -0.05) is 39.0 Å². The number of carboxylic acids is 1. The highest BCUT2D eigenvalue weighted by molar-refractivity contribution is 5.72. The number of hydrogen-bond donors (Lipinski definition) is 2. The van der Waals surface area contributed by atoms with E-state index in [1.807, 2.05) is 0 Å². The van der Waals surface area contributed by atoms with E-state index in [1.54, 1.807) is 6.92 Å². The average Bonchev–Trinajstić information content (AvgIpc) is 2.16. The number of unbranched alkanes of at least 4 members (excludes halogenated alkanes) is 5. The maximum atomic E-state index is 10.4. The molecule has 0 aromatic rings. The molecule has 1 atom stereocenters. The van der Waals surface area contributed by atoms with Crippen molar-refractivity contribution in [3.05, 3.63) is 0 Å². The van der Waals surface area contributed by atoms with Crippen LogP contribution in [-0.2, 0) is 4.79 Å². The zero-order valence-corrected chi connectivity index (χ0v) is 9.38. The zero-order chi connectivity index (χ0) is 10.8. The molecule has 0 rings (SSSR count). The lowest BCUT2D eigenvalue weighted by molar-refractivity contribution is -0.138. The topological polar surface area (TPSA) is 49.3 Å². The van der Waals surface area contributed by atoms with Gasteiger partial charge in [0, 0.05) is 0 Å². The van der Waals surface area contributed by atoms with Gasteiger partial charge >= 0.3 is 5.97 Å². The van der Waals surface area contributed by atoms with Crippen LogP contribution < -0.4 is 5.32 Å². The van der Waals surface area contributed by atoms with E-state index in [1.165, 1.54) is 32.1 Å². The lowest BCUT2D eigenvalue weighted by Gasteiger charge is -2.08. The molecule has 0 aromatic heterocycles. The van der Waals surface area contributed by atoms with Crippen molar-refractivity contribution in [3.8, 4) is 0 Å². The summed E-state index contributed by atoms with van der Waals surface area (Å²) in [4.78, 5) is 10.4. The molecule has 14 heavy (non-hydrogen) atoms. The van der Waals surface area contributed by atoms with Crippen LogP contribution in [-0.4, -0.2) is 23.7 Å². The van der Waals surface area contributed by atoms with Gasteiger partial charge in [-0.3, -0.25) is 4.79 Å². The fraction of sp³-hybridized carbons (Fsp3) is 0.909. The van der Waals surface area contributed by atoms with Gasteiger partial charge in [-0.15, -0.1) is 0 Å². The van der Waals surface area contributed by atoms with Crippen LogP contribution in [0, 0.1) is 0 Å². The van der Waals surface area contributed by atoms with Crippen molar-refractivity contribution in [3.63, 3.8) is 0 Å². The van der Waals surface area contributed by atoms with E-state index in [4.69, 9.17) is 5.11 Å². The second kappa shape index (κ2) is 9.00. The Labute approximate surface area is 86.9 Å². The molecule has 1 unspecified atom stereocenters. The van der Waals surface area contributed by atoms with Gasteiger partial charge in [-0.25, -0.2) is 0 Å². The van der Waals surface area contributed by atoms with E-state index in [9.17, 15) is 4.79 Å². The third-order valence-electron chi connectivity index (χ3n) is 2.35. The number of carbonyl (C=O) groups is 1. The maximum absolute atomic E-state index is 10.4. The minimum absolute atomic E-state index is 0.411. The van der Waals surface area contributed by atoms with Crippen LogP contribution >= 0.6 is 0 Å². The van der Waals surface area contributed by atoms with Crippen molar-refractivity contribution in [2.75, 3.05) is 6.54 Å². The van der Waals surface area contributed by atoms with E-state index in [2.05, 4.69) is 12.2 Å². The van der Waals surface area contributed by atoms with Gasteiger partial charge in [0.2, 0.25) is 0 Å². The Bertz CT molecular complexity index is 148. The average molecular weight is 201 g/mol. The van der Waals surface area contributed by atoms with Crippen LogP contribution in [0.3, 0.4) is 0 Å². The summed E-state index contributed by atoms with van der Waals surface area (Å²) in [5.41, 5.74) is 0. The van der Waals surface area contributed by atoms with Crippen molar-refractivity contribution in [1.82, 2.24) is 5.32 Å². The van der Waals surface area contributed by atoms with E-state index in [0.717, 1.165) is 13.0 Å². The Hall–Kier alpha value is -0.570. The molecule has 0 aromatic carbocycles. The van der Waals surface area contributed by atoms with Gasteiger partial charge in [0.25, 0.3) is 0 Å². The number of carboxylic acid groups (broad SMARTS) is 1. The molecule has 0 aliphatic carbocycles. The highest BCUT2D eigenvalue weighted by Gasteiger charge is 2.07. The van der Waals surface area contributed by atoms with E-state index in [0.29, 0.717) is 0 Å². The van der Waals surface area contributed by atoms with Crippen molar-refractivity contribution in [2.24, 2.45) is 0 Å². The van der Waals surface area contributed by atoms with E-state index < -0.39 is 12.0 Å². The Morgan fingerprint density at radius 3 is 2.36 bits per heavy atom. The van der Waals surface area contributed by atoms with Crippen LogP contribution in [0.15, 0.2) is 0 Å². The molecule has 0 saturated carbocycles. The van der Waals surface area contributed by atoms with Crippen molar-refractivity contribution < 1.29 is 9.90 Å². The lowest BCUT2D eigenvalue weighted by Crippen LogP contribution is -2.34. The molecule has 2 N–H and O–H groups in total. The van der Waals surface area contributed by atoms with Gasteiger partial charge in [-0.05, 0) is 19.9 Å². The zero-order valence-electron chi connectivity index (χ0n) is 9.38. The lowest BCUT2D eigenvalue weighted by atomic mass is 10.1. The molecule has 3 heteroatoms. The summed E-state index contributed by atoms with van der Waals surface area (Å²) in [6, 6.07) is -0.411. The van der Waals surface area contributed by atoms with Crippen LogP contribution in [0.1, 0.15) is 52.4 Å². The van der Waals surface area contributed by atoms with Gasteiger partial charge in [0.15, 0.2) is 0 Å². The minimum Gasteiger partial charge on any atom is -0.480 e. The first kappa shape index (κ1) is 13.4. The summed E-state index contributed by atoms with van der Waals surface area (Å²) < 4.78 is 0. The molecule has 0 radical (unpaired) electrons. The minimum atomic E-state index is -0.768. The predicted octanol–water partition coefficient (Wildman–Crippen LogP) is 2.41. The highest BCUT2D eigenvalue weighted by Crippen LogP contribution is 2.04. The molecule has 3 nitrogen and oxygen atoms in total. The molecule has 84 valence electrons. The second-order valence-corrected chi connectivity index (χ2v) is 3.78. The number of nitrogens with one attached hydrogen (secondary N) is 1. The summed E-state index contributed by atoms with van der Waals surface area (Å²) >= 11 is 0. The molecular weight excluding hydrogens is 178 g/mol. The normalized spacial score (nSPS) is 12.7. The fourth-order valence-corrected chi connectivity index (χ4v) is 1.31. The van der Waals surface area contributed by atoms with Crippen LogP contribution in [0.5, 0.6) is 0 Å². The number of hydrogen-bond acceptors (Lipinski definition) is 2. The first-order valence-electron chi connectivity index (χ1n) is 5.64. The van der Waals surface area contributed by atoms with E-state index in [-0.39, 0.29) is 0 Å². The highest BCUT2D eigenvalue weighted by atomic mass is 16.4. The summed E-state index contributed by atoms with van der Waals surface area (Å²) in [5, 5.41) is 11.6. The van der Waals surface area contributed by atoms with Gasteiger partial charge in [0.1, 0.15) is 6.04 Å². The first-order valence-corrected chi connectivity index (χ1v) is 5.64. The predicted molar refractivity (Wildman–Crippen MR) is 58.5 cm³/mol.